The van der Waals surface area contributed by atoms with Gasteiger partial charge in [-0.1, -0.05) is 30.3 Å². The van der Waals surface area contributed by atoms with Gasteiger partial charge in [-0.05, 0) is 5.56 Å². The Morgan fingerprint density at radius 2 is 1.20 bits per heavy atom. The molecule has 0 aliphatic heterocycles. The van der Waals surface area contributed by atoms with Crippen LogP contribution in [0.2, 0.25) is 0 Å². The van der Waals surface area contributed by atoms with Crippen molar-refractivity contribution in [3.05, 3.63) is 80.4 Å². The SMILES string of the molecule is ClCc1ccccc1.O=[N+]([O-])c1ccc([N+](=O)[O-])cc1. The number of halogens is 1. The van der Waals surface area contributed by atoms with Crippen molar-refractivity contribution >= 4 is 23.0 Å². The highest BCUT2D eigenvalue weighted by molar-refractivity contribution is 6.17. The Labute approximate surface area is 119 Å². The molecule has 0 fully saturated rings. The molecule has 0 amide bonds. The fraction of sp³-hybridized carbons (Fsp3) is 0.0769. The Bertz CT molecular complexity index is 540. The van der Waals surface area contributed by atoms with E-state index in [2.05, 4.69) is 0 Å². The van der Waals surface area contributed by atoms with E-state index in [1.54, 1.807) is 0 Å². The Kier molecular flexibility index (Phi) is 6.12. The lowest BCUT2D eigenvalue weighted by atomic mass is 10.2. The summed E-state index contributed by atoms with van der Waals surface area (Å²) in [4.78, 5) is 19.0. The molecule has 0 spiro atoms. The summed E-state index contributed by atoms with van der Waals surface area (Å²) in [6, 6.07) is 14.3. The van der Waals surface area contributed by atoms with Crippen molar-refractivity contribution in [1.82, 2.24) is 0 Å². The molecule has 0 atom stereocenters. The van der Waals surface area contributed by atoms with Gasteiger partial charge in [-0.25, -0.2) is 0 Å². The minimum Gasteiger partial charge on any atom is -0.258 e. The summed E-state index contributed by atoms with van der Waals surface area (Å²) >= 11 is 5.53. The zero-order chi connectivity index (χ0) is 15.0. The summed E-state index contributed by atoms with van der Waals surface area (Å²) in [5.41, 5.74) is 0.871. The van der Waals surface area contributed by atoms with Gasteiger partial charge in [-0.3, -0.25) is 20.2 Å². The molecule has 2 aromatic carbocycles. The predicted molar refractivity (Wildman–Crippen MR) is 75.7 cm³/mol. The fourth-order valence-electron chi connectivity index (χ4n) is 1.26. The van der Waals surface area contributed by atoms with Gasteiger partial charge in [-0.15, -0.1) is 11.6 Å². The molecule has 0 saturated carbocycles. The molecule has 2 aromatic rings. The lowest BCUT2D eigenvalue weighted by Crippen LogP contribution is -1.90. The van der Waals surface area contributed by atoms with E-state index in [-0.39, 0.29) is 11.4 Å². The van der Waals surface area contributed by atoms with Crippen LogP contribution in [-0.2, 0) is 5.88 Å². The first-order valence-corrected chi connectivity index (χ1v) is 6.06. The van der Waals surface area contributed by atoms with Crippen LogP contribution >= 0.6 is 11.6 Å². The van der Waals surface area contributed by atoms with Gasteiger partial charge < -0.3 is 0 Å². The first kappa shape index (κ1) is 15.6. The summed E-state index contributed by atoms with van der Waals surface area (Å²) in [5, 5.41) is 20.2. The van der Waals surface area contributed by atoms with Gasteiger partial charge in [0.05, 0.1) is 9.85 Å². The molecule has 104 valence electrons. The zero-order valence-corrected chi connectivity index (χ0v) is 11.1. The molecule has 20 heavy (non-hydrogen) atoms. The van der Waals surface area contributed by atoms with E-state index in [4.69, 9.17) is 11.6 Å². The van der Waals surface area contributed by atoms with Crippen molar-refractivity contribution in [3.63, 3.8) is 0 Å². The third-order valence-corrected chi connectivity index (χ3v) is 2.58. The average molecular weight is 295 g/mol. The third kappa shape index (κ3) is 5.03. The molecule has 0 aliphatic carbocycles. The number of benzene rings is 2. The minimum absolute atomic E-state index is 0.152. The van der Waals surface area contributed by atoms with Gasteiger partial charge in [0.1, 0.15) is 0 Å². The predicted octanol–water partition coefficient (Wildman–Crippen LogP) is 3.93. The highest BCUT2D eigenvalue weighted by Crippen LogP contribution is 2.16. The molecule has 0 heterocycles. The van der Waals surface area contributed by atoms with Crippen LogP contribution < -0.4 is 0 Å². The van der Waals surface area contributed by atoms with Crippen LogP contribution in [0.15, 0.2) is 54.6 Å². The van der Waals surface area contributed by atoms with Crippen LogP contribution in [0.3, 0.4) is 0 Å². The van der Waals surface area contributed by atoms with Crippen molar-refractivity contribution in [2.45, 2.75) is 5.88 Å². The molecular formula is C13H11ClN2O4. The van der Waals surface area contributed by atoms with Gasteiger partial charge >= 0.3 is 0 Å². The standard InChI is InChI=1S/C7H7Cl.C6H4N2O4/c8-6-7-4-2-1-3-5-7;9-7(10)5-1-2-6(4-3-5)8(11)12/h1-5H,6H2;1-4H. The molecule has 0 N–H and O–H groups in total. The maximum atomic E-state index is 10.1. The Morgan fingerprint density at radius 1 is 0.800 bits per heavy atom. The second kappa shape index (κ2) is 7.85. The largest absolute Gasteiger partial charge is 0.269 e. The lowest BCUT2D eigenvalue weighted by molar-refractivity contribution is -0.389. The maximum Gasteiger partial charge on any atom is 0.269 e. The molecule has 0 unspecified atom stereocenters. The number of rotatable bonds is 3. The summed E-state index contributed by atoms with van der Waals surface area (Å²) in [6.07, 6.45) is 0. The summed E-state index contributed by atoms with van der Waals surface area (Å²) in [7, 11) is 0. The fourth-order valence-corrected chi connectivity index (χ4v) is 1.44. The number of alkyl halides is 1. The monoisotopic (exact) mass is 294 g/mol. The van der Waals surface area contributed by atoms with E-state index < -0.39 is 9.85 Å². The smallest absolute Gasteiger partial charge is 0.258 e. The van der Waals surface area contributed by atoms with Crippen LogP contribution in [-0.4, -0.2) is 9.85 Å². The zero-order valence-electron chi connectivity index (χ0n) is 10.3. The second-order valence-electron chi connectivity index (χ2n) is 3.65. The number of non-ortho nitro benzene ring substituents is 2. The van der Waals surface area contributed by atoms with Crippen LogP contribution in [0.4, 0.5) is 11.4 Å². The van der Waals surface area contributed by atoms with Crippen LogP contribution in [0.5, 0.6) is 0 Å². The highest BCUT2D eigenvalue weighted by Gasteiger charge is 2.08. The minimum atomic E-state index is -0.607. The molecule has 7 heteroatoms. The van der Waals surface area contributed by atoms with Gasteiger partial charge in [0.15, 0.2) is 0 Å². The quantitative estimate of drug-likeness (QED) is 0.487. The van der Waals surface area contributed by atoms with Gasteiger partial charge in [-0.2, -0.15) is 0 Å². The maximum absolute atomic E-state index is 10.1. The van der Waals surface area contributed by atoms with Gasteiger partial charge in [0.2, 0.25) is 0 Å². The summed E-state index contributed by atoms with van der Waals surface area (Å²) < 4.78 is 0. The molecular weight excluding hydrogens is 284 g/mol. The first-order valence-electron chi connectivity index (χ1n) is 5.53. The molecule has 6 nitrogen and oxygen atoms in total. The number of hydrogen-bond donors (Lipinski definition) is 0. The Hall–Kier alpha value is -2.47. The Balaban J connectivity index is 0.000000217. The normalized spacial score (nSPS) is 9.25. The van der Waals surface area contributed by atoms with E-state index in [0.717, 1.165) is 24.3 Å². The molecule has 0 aromatic heterocycles. The van der Waals surface area contributed by atoms with E-state index in [1.807, 2.05) is 30.3 Å². The van der Waals surface area contributed by atoms with E-state index in [0.29, 0.717) is 5.88 Å². The second-order valence-corrected chi connectivity index (χ2v) is 3.92. The Morgan fingerprint density at radius 3 is 1.45 bits per heavy atom. The van der Waals surface area contributed by atoms with E-state index in [9.17, 15) is 20.2 Å². The number of nitrogens with zero attached hydrogens (tertiary/aromatic N) is 2. The molecule has 0 bridgehead atoms. The number of nitro groups is 2. The van der Waals surface area contributed by atoms with Crippen molar-refractivity contribution < 1.29 is 9.85 Å². The molecule has 0 aliphatic rings. The van der Waals surface area contributed by atoms with Crippen molar-refractivity contribution in [2.24, 2.45) is 0 Å². The lowest BCUT2D eigenvalue weighted by Gasteiger charge is -1.90. The average Bonchev–Trinajstić information content (AvgIpc) is 2.48. The first-order chi connectivity index (χ1) is 9.54. The third-order valence-electron chi connectivity index (χ3n) is 2.27. The van der Waals surface area contributed by atoms with Gasteiger partial charge in [0, 0.05) is 30.1 Å². The molecule has 2 rings (SSSR count). The highest BCUT2D eigenvalue weighted by atomic mass is 35.5. The molecule has 0 radical (unpaired) electrons. The van der Waals surface area contributed by atoms with Gasteiger partial charge in [0.25, 0.3) is 11.4 Å². The van der Waals surface area contributed by atoms with Crippen LogP contribution in [0.25, 0.3) is 0 Å². The van der Waals surface area contributed by atoms with E-state index >= 15 is 0 Å². The van der Waals surface area contributed by atoms with Crippen molar-refractivity contribution in [3.8, 4) is 0 Å². The summed E-state index contributed by atoms with van der Waals surface area (Å²) in [6.45, 7) is 0. The number of hydrogen-bond acceptors (Lipinski definition) is 4. The summed E-state index contributed by atoms with van der Waals surface area (Å²) in [5.74, 6) is 0.612. The van der Waals surface area contributed by atoms with Crippen molar-refractivity contribution in [1.29, 1.82) is 0 Å². The molecule has 0 saturated heterocycles. The number of nitro benzene ring substituents is 2. The topological polar surface area (TPSA) is 86.3 Å². The van der Waals surface area contributed by atoms with E-state index in [1.165, 1.54) is 5.56 Å². The van der Waals surface area contributed by atoms with Crippen LogP contribution in [0.1, 0.15) is 5.56 Å². The van der Waals surface area contributed by atoms with Crippen molar-refractivity contribution in [2.75, 3.05) is 0 Å². The van der Waals surface area contributed by atoms with Crippen LogP contribution in [0, 0.1) is 20.2 Å².